The van der Waals surface area contributed by atoms with E-state index in [4.69, 9.17) is 0 Å². The number of imide groups is 1. The maximum absolute atomic E-state index is 12.4. The Kier molecular flexibility index (Phi) is 3.96. The normalized spacial score (nSPS) is 22.2. The lowest BCUT2D eigenvalue weighted by Gasteiger charge is -2.33. The number of thioether (sulfide) groups is 1. The first-order chi connectivity index (χ1) is 12.1. The molecule has 0 spiro atoms. The van der Waals surface area contributed by atoms with Crippen LogP contribution < -0.4 is 10.6 Å². The molecular formula is C17H16N4O3S. The summed E-state index contributed by atoms with van der Waals surface area (Å²) in [5.41, 5.74) is 1.44. The minimum atomic E-state index is -0.416. The predicted octanol–water partition coefficient (Wildman–Crippen LogP) is 1.45. The van der Waals surface area contributed by atoms with Gasteiger partial charge in [0.2, 0.25) is 5.91 Å². The average molecular weight is 356 g/mol. The van der Waals surface area contributed by atoms with Gasteiger partial charge in [-0.2, -0.15) is 0 Å². The Labute approximate surface area is 147 Å². The van der Waals surface area contributed by atoms with Crippen LogP contribution in [0.3, 0.4) is 0 Å². The summed E-state index contributed by atoms with van der Waals surface area (Å²) in [6, 6.07) is 6.64. The van der Waals surface area contributed by atoms with E-state index in [9.17, 15) is 14.4 Å². The summed E-state index contributed by atoms with van der Waals surface area (Å²) < 4.78 is 0. The molecule has 4 rings (SSSR count). The third-order valence-electron chi connectivity index (χ3n) is 4.34. The quantitative estimate of drug-likeness (QED) is 0.773. The summed E-state index contributed by atoms with van der Waals surface area (Å²) in [7, 11) is 0. The highest BCUT2D eigenvalue weighted by molar-refractivity contribution is 8.03. The number of nitrogens with one attached hydrogen (secondary N) is 3. The van der Waals surface area contributed by atoms with Crippen molar-refractivity contribution in [2.24, 2.45) is 0 Å². The highest BCUT2D eigenvalue weighted by atomic mass is 32.2. The van der Waals surface area contributed by atoms with Crippen molar-refractivity contribution in [3.8, 4) is 0 Å². The number of nitrogens with zero attached hydrogens (tertiary/aromatic N) is 1. The molecule has 1 saturated heterocycles. The summed E-state index contributed by atoms with van der Waals surface area (Å²) >= 11 is 1.40. The van der Waals surface area contributed by atoms with Gasteiger partial charge in [0, 0.05) is 35.8 Å². The number of carbonyl (C=O) groups excluding carboxylic acids is 3. The molecule has 0 aliphatic carbocycles. The topological polar surface area (TPSA) is 94.3 Å². The van der Waals surface area contributed by atoms with Gasteiger partial charge in [0.05, 0.1) is 6.04 Å². The Morgan fingerprint density at radius 3 is 3.04 bits per heavy atom. The van der Waals surface area contributed by atoms with Crippen LogP contribution in [0, 0.1) is 0 Å². The molecule has 7 nitrogen and oxygen atoms in total. The van der Waals surface area contributed by atoms with Crippen LogP contribution in [0.2, 0.25) is 0 Å². The molecular weight excluding hydrogens is 340 g/mol. The van der Waals surface area contributed by atoms with Gasteiger partial charge in [0.1, 0.15) is 5.25 Å². The second-order valence-electron chi connectivity index (χ2n) is 5.85. The number of aromatic nitrogens is 1. The number of rotatable bonds is 4. The Morgan fingerprint density at radius 1 is 1.28 bits per heavy atom. The number of carbonyl (C=O) groups is 3. The molecule has 128 valence electrons. The summed E-state index contributed by atoms with van der Waals surface area (Å²) in [6.07, 6.45) is 3.60. The largest absolute Gasteiger partial charge is 0.361 e. The number of aromatic amines is 1. The number of urea groups is 1. The number of hydrogen-bond donors (Lipinski definition) is 3. The first kappa shape index (κ1) is 15.8. The van der Waals surface area contributed by atoms with E-state index in [2.05, 4.69) is 15.6 Å². The Hall–Kier alpha value is -2.74. The van der Waals surface area contributed by atoms with Gasteiger partial charge in [-0.1, -0.05) is 12.1 Å². The standard InChI is InChI=1S/C17H16N4O3S/c22-15(11-2-1-3-12-10(11)4-6-18-12)19-7-8-21-16(23)14-13(5-9-25-14)20-17(21)24/h1-6,9,13-14,18H,7-8H2,(H,19,22)(H,20,24). The van der Waals surface area contributed by atoms with E-state index < -0.39 is 6.03 Å². The van der Waals surface area contributed by atoms with Crippen molar-refractivity contribution < 1.29 is 14.4 Å². The molecule has 1 aromatic heterocycles. The third kappa shape index (κ3) is 2.78. The van der Waals surface area contributed by atoms with Gasteiger partial charge < -0.3 is 15.6 Å². The van der Waals surface area contributed by atoms with Crippen molar-refractivity contribution in [1.82, 2.24) is 20.5 Å². The second kappa shape index (κ2) is 6.29. The van der Waals surface area contributed by atoms with Crippen LogP contribution in [0.1, 0.15) is 10.4 Å². The van der Waals surface area contributed by atoms with Crippen LogP contribution >= 0.6 is 11.8 Å². The van der Waals surface area contributed by atoms with Gasteiger partial charge in [-0.05, 0) is 23.6 Å². The maximum atomic E-state index is 12.4. The number of H-pyrrole nitrogens is 1. The SMILES string of the molecule is O=C(NCCN1C(=O)NC2C=CSC2C1=O)c1cccc2[nH]ccc12. The molecule has 2 aromatic rings. The molecule has 0 saturated carbocycles. The minimum Gasteiger partial charge on any atom is -0.361 e. The fraction of sp³-hybridized carbons (Fsp3) is 0.235. The van der Waals surface area contributed by atoms with Gasteiger partial charge in [0.25, 0.3) is 5.91 Å². The first-order valence-electron chi connectivity index (χ1n) is 7.93. The number of benzene rings is 1. The van der Waals surface area contributed by atoms with E-state index in [1.807, 2.05) is 23.6 Å². The zero-order chi connectivity index (χ0) is 17.4. The zero-order valence-electron chi connectivity index (χ0n) is 13.2. The molecule has 0 radical (unpaired) electrons. The van der Waals surface area contributed by atoms with E-state index in [-0.39, 0.29) is 36.2 Å². The lowest BCUT2D eigenvalue weighted by atomic mass is 10.1. The summed E-state index contributed by atoms with van der Waals surface area (Å²) in [5, 5.41) is 7.93. The van der Waals surface area contributed by atoms with Gasteiger partial charge in [0.15, 0.2) is 0 Å². The van der Waals surface area contributed by atoms with Gasteiger partial charge in [-0.25, -0.2) is 4.79 Å². The monoisotopic (exact) mass is 356 g/mol. The summed E-state index contributed by atoms with van der Waals surface area (Å²) in [5.74, 6) is -0.449. The van der Waals surface area contributed by atoms with Crippen molar-refractivity contribution in [1.29, 1.82) is 0 Å². The van der Waals surface area contributed by atoms with E-state index in [0.29, 0.717) is 5.56 Å². The number of hydrogen-bond acceptors (Lipinski definition) is 4. The van der Waals surface area contributed by atoms with E-state index in [1.54, 1.807) is 18.3 Å². The van der Waals surface area contributed by atoms with Crippen LogP contribution in [-0.4, -0.2) is 52.1 Å². The van der Waals surface area contributed by atoms with E-state index >= 15 is 0 Å². The number of fused-ring (bicyclic) bond motifs is 2. The van der Waals surface area contributed by atoms with Gasteiger partial charge in [-0.3, -0.25) is 14.5 Å². The first-order valence-corrected chi connectivity index (χ1v) is 8.88. The molecule has 25 heavy (non-hydrogen) atoms. The van der Waals surface area contributed by atoms with Crippen molar-refractivity contribution in [3.05, 3.63) is 47.5 Å². The van der Waals surface area contributed by atoms with Crippen LogP contribution in [0.5, 0.6) is 0 Å². The van der Waals surface area contributed by atoms with Crippen LogP contribution in [0.15, 0.2) is 41.9 Å². The average Bonchev–Trinajstić information content (AvgIpc) is 3.25. The van der Waals surface area contributed by atoms with Crippen molar-refractivity contribution in [3.63, 3.8) is 0 Å². The molecule has 3 heterocycles. The van der Waals surface area contributed by atoms with Crippen LogP contribution in [0.25, 0.3) is 10.9 Å². The Balaban J connectivity index is 1.39. The van der Waals surface area contributed by atoms with E-state index in [0.717, 1.165) is 10.9 Å². The second-order valence-corrected chi connectivity index (χ2v) is 6.90. The molecule has 1 aromatic carbocycles. The van der Waals surface area contributed by atoms with Crippen molar-refractivity contribution >= 4 is 40.5 Å². The van der Waals surface area contributed by atoms with Crippen molar-refractivity contribution in [2.75, 3.05) is 13.1 Å². The smallest absolute Gasteiger partial charge is 0.324 e. The van der Waals surface area contributed by atoms with Gasteiger partial charge in [-0.15, -0.1) is 11.8 Å². The van der Waals surface area contributed by atoms with Gasteiger partial charge >= 0.3 is 6.03 Å². The molecule has 2 atom stereocenters. The Bertz CT molecular complexity index is 891. The molecule has 3 N–H and O–H groups in total. The highest BCUT2D eigenvalue weighted by Crippen LogP contribution is 2.29. The molecule has 2 unspecified atom stereocenters. The molecule has 4 amide bonds. The summed E-state index contributed by atoms with van der Waals surface area (Å²) in [6.45, 7) is 0.345. The fourth-order valence-corrected chi connectivity index (χ4v) is 4.08. The number of amides is 4. The highest BCUT2D eigenvalue weighted by Gasteiger charge is 2.41. The van der Waals surface area contributed by atoms with Crippen LogP contribution in [0.4, 0.5) is 4.79 Å². The van der Waals surface area contributed by atoms with Crippen LogP contribution in [-0.2, 0) is 4.79 Å². The Morgan fingerprint density at radius 2 is 2.16 bits per heavy atom. The third-order valence-corrected chi connectivity index (χ3v) is 5.44. The minimum absolute atomic E-state index is 0.142. The predicted molar refractivity (Wildman–Crippen MR) is 95.2 cm³/mol. The molecule has 0 bridgehead atoms. The van der Waals surface area contributed by atoms with E-state index in [1.165, 1.54) is 16.7 Å². The molecule has 2 aliphatic rings. The lowest BCUT2D eigenvalue weighted by molar-refractivity contribution is -0.129. The molecule has 8 heteroatoms. The maximum Gasteiger partial charge on any atom is 0.324 e. The fourth-order valence-electron chi connectivity index (χ4n) is 3.08. The lowest BCUT2D eigenvalue weighted by Crippen LogP contribution is -2.61. The molecule has 2 aliphatic heterocycles. The zero-order valence-corrected chi connectivity index (χ0v) is 14.0. The van der Waals surface area contributed by atoms with Crippen molar-refractivity contribution in [2.45, 2.75) is 11.3 Å². The summed E-state index contributed by atoms with van der Waals surface area (Å²) in [4.78, 5) is 41.1. The molecule has 1 fully saturated rings.